The molecule has 38 heavy (non-hydrogen) atoms. The van der Waals surface area contributed by atoms with E-state index < -0.39 is 5.97 Å². The molecule has 0 aliphatic heterocycles. The van der Waals surface area contributed by atoms with Crippen molar-refractivity contribution in [3.8, 4) is 28.0 Å². The third-order valence-corrected chi connectivity index (χ3v) is 7.91. The third kappa shape index (κ3) is 6.09. The van der Waals surface area contributed by atoms with Crippen LogP contribution < -0.4 is 10.1 Å². The van der Waals surface area contributed by atoms with Crippen molar-refractivity contribution in [2.45, 2.75) is 70.6 Å². The molecular formula is C33H39NO4. The summed E-state index contributed by atoms with van der Waals surface area (Å²) in [5.74, 6) is -0.0859. The summed E-state index contributed by atoms with van der Waals surface area (Å²) < 4.78 is 6.31. The minimum Gasteiger partial charge on any atom is -0.493 e. The van der Waals surface area contributed by atoms with Crippen LogP contribution in [-0.4, -0.2) is 30.6 Å². The number of benzene rings is 3. The largest absolute Gasteiger partial charge is 0.493 e. The molecule has 3 aromatic rings. The van der Waals surface area contributed by atoms with Gasteiger partial charge in [0.2, 0.25) is 6.41 Å². The highest BCUT2D eigenvalue weighted by Gasteiger charge is 2.37. The van der Waals surface area contributed by atoms with E-state index in [1.54, 1.807) is 12.1 Å². The number of rotatable bonds is 11. The van der Waals surface area contributed by atoms with Crippen molar-refractivity contribution in [3.63, 3.8) is 0 Å². The maximum Gasteiger partial charge on any atom is 0.335 e. The van der Waals surface area contributed by atoms with E-state index in [0.717, 1.165) is 60.1 Å². The van der Waals surface area contributed by atoms with E-state index in [1.807, 2.05) is 24.3 Å². The smallest absolute Gasteiger partial charge is 0.335 e. The zero-order valence-corrected chi connectivity index (χ0v) is 23.0. The van der Waals surface area contributed by atoms with Crippen LogP contribution in [0.15, 0.2) is 60.7 Å². The molecule has 0 heterocycles. The molecule has 5 heteroatoms. The highest BCUT2D eigenvalue weighted by molar-refractivity contribution is 5.88. The Hall–Kier alpha value is -3.60. The van der Waals surface area contributed by atoms with Gasteiger partial charge in [-0.05, 0) is 95.0 Å². The van der Waals surface area contributed by atoms with Crippen LogP contribution in [0.3, 0.4) is 0 Å². The Labute approximate surface area is 226 Å². The van der Waals surface area contributed by atoms with E-state index in [-0.39, 0.29) is 16.4 Å². The Morgan fingerprint density at radius 1 is 0.842 bits per heavy atom. The molecule has 0 fully saturated rings. The van der Waals surface area contributed by atoms with E-state index in [0.29, 0.717) is 13.2 Å². The quantitative estimate of drug-likeness (QED) is 0.207. The molecule has 0 unspecified atom stereocenters. The normalized spacial score (nSPS) is 15.4. The number of hydrogen-bond donors (Lipinski definition) is 2. The van der Waals surface area contributed by atoms with Gasteiger partial charge in [0.25, 0.3) is 0 Å². The molecule has 1 aliphatic carbocycles. The van der Waals surface area contributed by atoms with Crippen molar-refractivity contribution in [3.05, 3.63) is 77.4 Å². The minimum absolute atomic E-state index is 0.0989. The standard InChI is InChI=1S/C33H39NO4/c1-32(2)16-17-33(3,4)29-21-26(12-14-28(29)32)27-20-25(23-8-10-24(11-9-23)31(36)37)13-15-30(27)38-19-7-5-6-18-34-22-35/h8-15,20-22H,5-7,16-19H2,1-4H3,(H,34,35)(H,36,37). The second kappa shape index (κ2) is 11.4. The van der Waals surface area contributed by atoms with Gasteiger partial charge in [0.15, 0.2) is 0 Å². The lowest BCUT2D eigenvalue weighted by atomic mass is 9.63. The van der Waals surface area contributed by atoms with Crippen LogP contribution in [0.25, 0.3) is 22.3 Å². The van der Waals surface area contributed by atoms with Crippen molar-refractivity contribution in [2.24, 2.45) is 0 Å². The lowest BCUT2D eigenvalue weighted by Crippen LogP contribution is -2.33. The molecule has 0 aromatic heterocycles. The molecule has 4 rings (SSSR count). The van der Waals surface area contributed by atoms with E-state index in [1.165, 1.54) is 17.5 Å². The van der Waals surface area contributed by atoms with Gasteiger partial charge < -0.3 is 15.2 Å². The first kappa shape index (κ1) is 27.4. The number of carboxylic acids is 1. The van der Waals surface area contributed by atoms with Gasteiger partial charge >= 0.3 is 5.97 Å². The molecule has 0 radical (unpaired) electrons. The van der Waals surface area contributed by atoms with Crippen molar-refractivity contribution < 1.29 is 19.4 Å². The first-order valence-electron chi connectivity index (χ1n) is 13.6. The molecule has 200 valence electrons. The number of carbonyl (C=O) groups excluding carboxylic acids is 1. The summed E-state index contributed by atoms with van der Waals surface area (Å²) in [6.07, 6.45) is 5.87. The number of aromatic carboxylic acids is 1. The van der Waals surface area contributed by atoms with Crippen LogP contribution in [0.5, 0.6) is 5.75 Å². The summed E-state index contributed by atoms with van der Waals surface area (Å²) in [4.78, 5) is 21.7. The molecule has 0 spiro atoms. The molecule has 3 aromatic carbocycles. The van der Waals surface area contributed by atoms with Gasteiger partial charge in [-0.2, -0.15) is 0 Å². The lowest BCUT2D eigenvalue weighted by molar-refractivity contribution is -0.109. The van der Waals surface area contributed by atoms with E-state index in [9.17, 15) is 14.7 Å². The van der Waals surface area contributed by atoms with Crippen LogP contribution in [0.2, 0.25) is 0 Å². The van der Waals surface area contributed by atoms with E-state index in [2.05, 4.69) is 57.3 Å². The van der Waals surface area contributed by atoms with E-state index >= 15 is 0 Å². The third-order valence-electron chi connectivity index (χ3n) is 7.91. The molecular weight excluding hydrogens is 474 g/mol. The van der Waals surface area contributed by atoms with Crippen molar-refractivity contribution in [1.82, 2.24) is 5.32 Å². The summed E-state index contributed by atoms with van der Waals surface area (Å²) >= 11 is 0. The minimum atomic E-state index is -0.928. The predicted molar refractivity (Wildman–Crippen MR) is 153 cm³/mol. The van der Waals surface area contributed by atoms with Crippen LogP contribution in [0.1, 0.15) is 81.3 Å². The highest BCUT2D eigenvalue weighted by Crippen LogP contribution is 2.47. The number of amides is 1. The molecule has 5 nitrogen and oxygen atoms in total. The van der Waals surface area contributed by atoms with Crippen molar-refractivity contribution >= 4 is 12.4 Å². The summed E-state index contributed by atoms with van der Waals surface area (Å²) in [6.45, 7) is 10.6. The first-order chi connectivity index (χ1) is 18.1. The Balaban J connectivity index is 1.69. The number of fused-ring (bicyclic) bond motifs is 1. The zero-order valence-electron chi connectivity index (χ0n) is 23.0. The Morgan fingerprint density at radius 2 is 1.50 bits per heavy atom. The Bertz CT molecular complexity index is 1290. The van der Waals surface area contributed by atoms with Crippen LogP contribution in [-0.2, 0) is 15.6 Å². The van der Waals surface area contributed by atoms with Gasteiger partial charge in [-0.15, -0.1) is 0 Å². The number of hydrogen-bond acceptors (Lipinski definition) is 3. The molecule has 1 amide bonds. The van der Waals surface area contributed by atoms with Crippen molar-refractivity contribution in [2.75, 3.05) is 13.2 Å². The van der Waals surface area contributed by atoms with Gasteiger partial charge in [0.1, 0.15) is 5.75 Å². The Morgan fingerprint density at radius 3 is 2.18 bits per heavy atom. The average molecular weight is 514 g/mol. The number of ether oxygens (including phenoxy) is 1. The van der Waals surface area contributed by atoms with Gasteiger partial charge in [-0.3, -0.25) is 4.79 Å². The molecule has 2 N–H and O–H groups in total. The number of nitrogens with one attached hydrogen (secondary N) is 1. The first-order valence-corrected chi connectivity index (χ1v) is 13.6. The molecule has 0 bridgehead atoms. The van der Waals surface area contributed by atoms with Crippen molar-refractivity contribution in [1.29, 1.82) is 0 Å². The maximum absolute atomic E-state index is 11.3. The molecule has 0 saturated heterocycles. The topological polar surface area (TPSA) is 75.6 Å². The Kier molecular flexibility index (Phi) is 8.25. The van der Waals surface area contributed by atoms with Gasteiger partial charge in [-0.1, -0.05) is 64.1 Å². The second-order valence-electron chi connectivity index (χ2n) is 11.6. The monoisotopic (exact) mass is 513 g/mol. The predicted octanol–water partition coefficient (Wildman–Crippen LogP) is 7.36. The number of carboxylic acid groups (broad SMARTS) is 1. The van der Waals surface area contributed by atoms with Crippen LogP contribution in [0.4, 0.5) is 0 Å². The summed E-state index contributed by atoms with van der Waals surface area (Å²) in [6, 6.07) is 20.1. The summed E-state index contributed by atoms with van der Waals surface area (Å²) in [5.41, 5.74) is 7.48. The summed E-state index contributed by atoms with van der Waals surface area (Å²) in [7, 11) is 0. The number of unbranched alkanes of at least 4 members (excludes halogenated alkanes) is 2. The fourth-order valence-corrected chi connectivity index (χ4v) is 5.37. The molecule has 1 aliphatic rings. The average Bonchev–Trinajstić information content (AvgIpc) is 2.91. The second-order valence-corrected chi connectivity index (χ2v) is 11.6. The van der Waals surface area contributed by atoms with Gasteiger partial charge in [-0.25, -0.2) is 4.79 Å². The maximum atomic E-state index is 11.3. The van der Waals surface area contributed by atoms with Crippen LogP contribution in [0, 0.1) is 0 Å². The van der Waals surface area contributed by atoms with Crippen LogP contribution >= 0.6 is 0 Å². The SMILES string of the molecule is CC1(C)CCC(C)(C)c2cc(-c3cc(-c4ccc(C(=O)O)cc4)ccc3OCCCCCNC=O)ccc21. The lowest BCUT2D eigenvalue weighted by Gasteiger charge is -2.42. The number of carbonyl (C=O) groups is 2. The van der Waals surface area contributed by atoms with Gasteiger partial charge in [0.05, 0.1) is 12.2 Å². The fraction of sp³-hybridized carbons (Fsp3) is 0.394. The molecule has 0 atom stereocenters. The zero-order chi connectivity index (χ0) is 27.3. The molecule has 0 saturated carbocycles. The summed E-state index contributed by atoms with van der Waals surface area (Å²) in [5, 5.41) is 12.0. The van der Waals surface area contributed by atoms with Gasteiger partial charge in [0, 0.05) is 12.1 Å². The highest BCUT2D eigenvalue weighted by atomic mass is 16.5. The fourth-order valence-electron chi connectivity index (χ4n) is 5.37. The van der Waals surface area contributed by atoms with E-state index in [4.69, 9.17) is 4.74 Å².